The minimum Gasteiger partial charge on any atom is -0.465 e. The van der Waals surface area contributed by atoms with Gasteiger partial charge in [-0.15, -0.1) is 0 Å². The van der Waals surface area contributed by atoms with E-state index in [9.17, 15) is 9.59 Å². The standard InChI is InChI=1S/C18H15Cl2NO3/c1-2-24-17(23)18(10-11-7-8-12(19)9-14(11)20)13-5-3-4-6-15(13)21-16(18)22/h3-9H,2,10H2,1H3,(H,21,22)/t18-/m0/s1. The number of hydrogen-bond acceptors (Lipinski definition) is 3. The van der Waals surface area contributed by atoms with Crippen molar-refractivity contribution in [1.29, 1.82) is 0 Å². The highest BCUT2D eigenvalue weighted by atomic mass is 35.5. The molecule has 2 aromatic carbocycles. The fourth-order valence-electron chi connectivity index (χ4n) is 2.97. The number of halogens is 2. The maximum atomic E-state index is 12.8. The lowest BCUT2D eigenvalue weighted by Gasteiger charge is -2.25. The van der Waals surface area contributed by atoms with Crippen LogP contribution in [0.25, 0.3) is 0 Å². The van der Waals surface area contributed by atoms with E-state index in [0.29, 0.717) is 26.9 Å². The highest BCUT2D eigenvalue weighted by Gasteiger charge is 2.54. The van der Waals surface area contributed by atoms with E-state index in [0.717, 1.165) is 0 Å². The fraction of sp³-hybridized carbons (Fsp3) is 0.222. The maximum absolute atomic E-state index is 12.8. The molecule has 2 aromatic rings. The SMILES string of the molecule is CCOC(=O)[C@]1(Cc2ccc(Cl)cc2Cl)C(=O)Nc2ccccc21. The van der Waals surface area contributed by atoms with Crippen molar-refractivity contribution in [2.24, 2.45) is 0 Å². The van der Waals surface area contributed by atoms with Gasteiger partial charge in [-0.3, -0.25) is 9.59 Å². The van der Waals surface area contributed by atoms with Crippen molar-refractivity contribution in [2.75, 3.05) is 11.9 Å². The second-order valence-electron chi connectivity index (χ2n) is 5.54. The fourth-order valence-corrected chi connectivity index (χ4v) is 3.45. The number of para-hydroxylation sites is 1. The zero-order valence-electron chi connectivity index (χ0n) is 12.9. The average Bonchev–Trinajstić information content (AvgIpc) is 2.83. The monoisotopic (exact) mass is 363 g/mol. The van der Waals surface area contributed by atoms with Crippen LogP contribution in [0, 0.1) is 0 Å². The van der Waals surface area contributed by atoms with Gasteiger partial charge in [0.05, 0.1) is 6.61 Å². The summed E-state index contributed by atoms with van der Waals surface area (Å²) in [5.41, 5.74) is 0.408. The van der Waals surface area contributed by atoms with Gasteiger partial charge in [-0.1, -0.05) is 47.5 Å². The third-order valence-corrected chi connectivity index (χ3v) is 4.70. The molecular weight excluding hydrogens is 349 g/mol. The Balaban J connectivity index is 2.14. The highest BCUT2D eigenvalue weighted by molar-refractivity contribution is 6.35. The molecule has 1 amide bonds. The lowest BCUT2D eigenvalue weighted by molar-refractivity contribution is -0.153. The van der Waals surface area contributed by atoms with Gasteiger partial charge in [0, 0.05) is 27.7 Å². The smallest absolute Gasteiger partial charge is 0.326 e. The molecule has 0 aliphatic carbocycles. The van der Waals surface area contributed by atoms with Crippen LogP contribution in [0.2, 0.25) is 10.0 Å². The molecule has 1 aliphatic rings. The lowest BCUT2D eigenvalue weighted by Crippen LogP contribution is -2.45. The maximum Gasteiger partial charge on any atom is 0.326 e. The molecule has 6 heteroatoms. The average molecular weight is 364 g/mol. The minimum atomic E-state index is -1.45. The Morgan fingerprint density at radius 1 is 1.21 bits per heavy atom. The first kappa shape index (κ1) is 16.8. The van der Waals surface area contributed by atoms with Crippen molar-refractivity contribution in [3.8, 4) is 0 Å². The van der Waals surface area contributed by atoms with Crippen LogP contribution in [0.15, 0.2) is 42.5 Å². The summed E-state index contributed by atoms with van der Waals surface area (Å²) in [5, 5.41) is 3.67. The molecule has 3 rings (SSSR count). The molecule has 0 saturated carbocycles. The summed E-state index contributed by atoms with van der Waals surface area (Å²) < 4.78 is 5.22. The number of carbonyl (C=O) groups is 2. The van der Waals surface area contributed by atoms with E-state index in [2.05, 4.69) is 5.32 Å². The van der Waals surface area contributed by atoms with Gasteiger partial charge in [0.2, 0.25) is 5.91 Å². The first-order valence-corrected chi connectivity index (χ1v) is 8.26. The third-order valence-electron chi connectivity index (χ3n) is 4.12. The second-order valence-corrected chi connectivity index (χ2v) is 6.38. The number of nitrogens with one attached hydrogen (secondary N) is 1. The van der Waals surface area contributed by atoms with E-state index in [1.165, 1.54) is 0 Å². The molecule has 1 aliphatic heterocycles. The lowest BCUT2D eigenvalue weighted by atomic mass is 9.76. The van der Waals surface area contributed by atoms with Crippen LogP contribution in [0.4, 0.5) is 5.69 Å². The summed E-state index contributed by atoms with van der Waals surface area (Å²) in [5.74, 6) is -0.994. The molecule has 1 atom stereocenters. The number of fused-ring (bicyclic) bond motifs is 1. The Morgan fingerprint density at radius 2 is 1.96 bits per heavy atom. The van der Waals surface area contributed by atoms with Gasteiger partial charge >= 0.3 is 5.97 Å². The van der Waals surface area contributed by atoms with Crippen LogP contribution in [0.5, 0.6) is 0 Å². The predicted molar refractivity (Wildman–Crippen MR) is 93.5 cm³/mol. The van der Waals surface area contributed by atoms with E-state index in [-0.39, 0.29) is 13.0 Å². The van der Waals surface area contributed by atoms with Gasteiger partial charge in [-0.05, 0) is 30.7 Å². The molecule has 0 radical (unpaired) electrons. The van der Waals surface area contributed by atoms with Crippen LogP contribution < -0.4 is 5.32 Å². The number of anilines is 1. The van der Waals surface area contributed by atoms with Crippen LogP contribution in [-0.2, 0) is 26.2 Å². The Hall–Kier alpha value is -2.04. The summed E-state index contributed by atoms with van der Waals surface area (Å²) in [6.07, 6.45) is 0.102. The Bertz CT molecular complexity index is 822. The van der Waals surface area contributed by atoms with E-state index >= 15 is 0 Å². The molecule has 0 spiro atoms. The number of ether oxygens (including phenoxy) is 1. The Kier molecular flexibility index (Phi) is 4.52. The van der Waals surface area contributed by atoms with Gasteiger partial charge in [0.25, 0.3) is 0 Å². The van der Waals surface area contributed by atoms with Crippen molar-refractivity contribution in [1.82, 2.24) is 0 Å². The highest BCUT2D eigenvalue weighted by Crippen LogP contribution is 2.42. The van der Waals surface area contributed by atoms with Gasteiger partial charge in [-0.2, -0.15) is 0 Å². The van der Waals surface area contributed by atoms with Crippen molar-refractivity contribution in [2.45, 2.75) is 18.8 Å². The molecule has 1 heterocycles. The molecule has 4 nitrogen and oxygen atoms in total. The van der Waals surface area contributed by atoms with E-state index in [1.54, 1.807) is 49.4 Å². The van der Waals surface area contributed by atoms with Crippen molar-refractivity contribution in [3.63, 3.8) is 0 Å². The summed E-state index contributed by atoms with van der Waals surface area (Å²) in [7, 11) is 0. The van der Waals surface area contributed by atoms with Crippen LogP contribution >= 0.6 is 23.2 Å². The van der Waals surface area contributed by atoms with Crippen molar-refractivity contribution in [3.05, 3.63) is 63.6 Å². The van der Waals surface area contributed by atoms with Gasteiger partial charge in [0.1, 0.15) is 0 Å². The van der Waals surface area contributed by atoms with E-state index in [4.69, 9.17) is 27.9 Å². The first-order valence-electron chi connectivity index (χ1n) is 7.51. The molecule has 0 bridgehead atoms. The van der Waals surface area contributed by atoms with E-state index < -0.39 is 17.3 Å². The number of esters is 1. The molecule has 0 aromatic heterocycles. The van der Waals surface area contributed by atoms with Crippen LogP contribution in [0.3, 0.4) is 0 Å². The molecule has 0 fully saturated rings. The number of amides is 1. The molecule has 124 valence electrons. The number of rotatable bonds is 4. The topological polar surface area (TPSA) is 55.4 Å². The number of benzene rings is 2. The zero-order valence-corrected chi connectivity index (χ0v) is 14.4. The minimum absolute atomic E-state index is 0.102. The summed E-state index contributed by atoms with van der Waals surface area (Å²) in [6.45, 7) is 1.89. The molecule has 24 heavy (non-hydrogen) atoms. The normalized spacial score (nSPS) is 18.9. The number of hydrogen-bond donors (Lipinski definition) is 1. The van der Waals surface area contributed by atoms with Gasteiger partial charge in [-0.25, -0.2) is 0 Å². The number of carbonyl (C=O) groups excluding carboxylic acids is 2. The van der Waals surface area contributed by atoms with Crippen LogP contribution in [-0.4, -0.2) is 18.5 Å². The van der Waals surface area contributed by atoms with Crippen molar-refractivity contribution < 1.29 is 14.3 Å². The largest absolute Gasteiger partial charge is 0.465 e. The summed E-state index contributed by atoms with van der Waals surface area (Å²) in [6, 6.07) is 12.1. The quantitative estimate of drug-likeness (QED) is 0.659. The summed E-state index contributed by atoms with van der Waals surface area (Å²) >= 11 is 12.2. The van der Waals surface area contributed by atoms with Crippen LogP contribution in [0.1, 0.15) is 18.1 Å². The second kappa shape index (κ2) is 6.46. The summed E-state index contributed by atoms with van der Waals surface area (Å²) in [4.78, 5) is 25.5. The Labute approximate surface area is 149 Å². The zero-order chi connectivity index (χ0) is 17.3. The first-order chi connectivity index (χ1) is 11.5. The van der Waals surface area contributed by atoms with E-state index in [1.807, 2.05) is 0 Å². The Morgan fingerprint density at radius 3 is 2.67 bits per heavy atom. The van der Waals surface area contributed by atoms with Gasteiger partial charge < -0.3 is 10.1 Å². The molecular formula is C18H15Cl2NO3. The molecule has 0 unspecified atom stereocenters. The third kappa shape index (κ3) is 2.66. The molecule has 0 saturated heterocycles. The molecule has 1 N–H and O–H groups in total. The van der Waals surface area contributed by atoms with Crippen molar-refractivity contribution >= 4 is 40.8 Å². The predicted octanol–water partition coefficient (Wildman–Crippen LogP) is 3.99. The van der Waals surface area contributed by atoms with Gasteiger partial charge in [0.15, 0.2) is 5.41 Å².